The summed E-state index contributed by atoms with van der Waals surface area (Å²) in [6.45, 7) is 7.08. The van der Waals surface area contributed by atoms with Crippen molar-refractivity contribution in [1.82, 2.24) is 10.2 Å². The third-order valence-corrected chi connectivity index (χ3v) is 1.39. The van der Waals surface area contributed by atoms with E-state index in [4.69, 9.17) is 4.42 Å². The van der Waals surface area contributed by atoms with Gasteiger partial charge in [-0.15, -0.1) is 5.10 Å². The predicted octanol–water partition coefficient (Wildman–Crippen LogP) is 1.67. The number of aromatic nitrogens is 2. The number of nitrogens with one attached hydrogen (secondary N) is 1. The summed E-state index contributed by atoms with van der Waals surface area (Å²) in [7, 11) is 0. The van der Waals surface area contributed by atoms with E-state index in [0.29, 0.717) is 5.57 Å². The Hall–Kier alpha value is -2.10. The maximum absolute atomic E-state index is 10.7. The number of allylic oxidation sites excluding steroid dienone is 6. The molecule has 0 saturated heterocycles. The number of hydrogen-bond donors (Lipinski definition) is 1. The summed E-state index contributed by atoms with van der Waals surface area (Å²) in [5.41, 5.74) is 0.651. The summed E-state index contributed by atoms with van der Waals surface area (Å²) < 4.78 is 4.77. The van der Waals surface area contributed by atoms with E-state index >= 15 is 0 Å². The highest BCUT2D eigenvalue weighted by Crippen LogP contribution is 2.10. The Morgan fingerprint density at radius 1 is 1.43 bits per heavy atom. The first-order valence-corrected chi connectivity index (χ1v) is 3.95. The summed E-state index contributed by atoms with van der Waals surface area (Å²) >= 11 is 0. The molecule has 0 aromatic carbocycles. The lowest BCUT2D eigenvalue weighted by Gasteiger charge is -1.90. The van der Waals surface area contributed by atoms with Crippen LogP contribution in [-0.4, -0.2) is 10.2 Å². The molecule has 0 unspecified atom stereocenters. The molecule has 0 atom stereocenters. The number of rotatable bonds is 4. The van der Waals surface area contributed by atoms with Crippen LogP contribution in [0.2, 0.25) is 0 Å². The molecule has 1 N–H and O–H groups in total. The van der Waals surface area contributed by atoms with Gasteiger partial charge in [0.2, 0.25) is 5.89 Å². The molecule has 0 fully saturated rings. The second kappa shape index (κ2) is 4.81. The van der Waals surface area contributed by atoms with Crippen molar-refractivity contribution in [2.45, 2.75) is 0 Å². The van der Waals surface area contributed by atoms with Crippen LogP contribution in [0.3, 0.4) is 0 Å². The maximum Gasteiger partial charge on any atom is 0.434 e. The van der Waals surface area contributed by atoms with E-state index < -0.39 is 5.76 Å². The molecular weight excluding hydrogens is 180 g/mol. The minimum absolute atomic E-state index is 0.230. The van der Waals surface area contributed by atoms with Gasteiger partial charge < -0.3 is 4.42 Å². The molecule has 1 heterocycles. The molecule has 0 aliphatic heterocycles. The summed E-state index contributed by atoms with van der Waals surface area (Å²) in [6.07, 6.45) is 8.30. The van der Waals surface area contributed by atoms with Crippen molar-refractivity contribution in [3.05, 3.63) is 60.0 Å². The smallest absolute Gasteiger partial charge is 0.388 e. The molecule has 1 aromatic heterocycles. The van der Waals surface area contributed by atoms with Crippen molar-refractivity contribution in [2.75, 3.05) is 0 Å². The minimum Gasteiger partial charge on any atom is -0.388 e. The maximum atomic E-state index is 10.7. The lowest BCUT2D eigenvalue weighted by molar-refractivity contribution is 0.501. The number of H-pyrrole nitrogens is 1. The molecule has 1 rings (SSSR count). The molecule has 0 radical (unpaired) electrons. The van der Waals surface area contributed by atoms with Gasteiger partial charge in [-0.2, -0.15) is 0 Å². The van der Waals surface area contributed by atoms with Crippen LogP contribution in [0.1, 0.15) is 5.89 Å². The van der Waals surface area contributed by atoms with Gasteiger partial charge in [0, 0.05) is 5.57 Å². The average Bonchev–Trinajstić information content (AvgIpc) is 2.59. The van der Waals surface area contributed by atoms with Crippen LogP contribution in [0, 0.1) is 0 Å². The molecule has 0 spiro atoms. The highest BCUT2D eigenvalue weighted by molar-refractivity contribution is 5.69. The molecule has 0 amide bonds. The summed E-state index contributed by atoms with van der Waals surface area (Å²) in [5, 5.41) is 5.86. The van der Waals surface area contributed by atoms with Crippen LogP contribution in [0.4, 0.5) is 0 Å². The molecule has 1 aromatic rings. The molecule has 4 heteroatoms. The Labute approximate surface area is 81.0 Å². The number of hydrogen-bond acceptors (Lipinski definition) is 3. The third-order valence-electron chi connectivity index (χ3n) is 1.39. The average molecular weight is 190 g/mol. The summed E-state index contributed by atoms with van der Waals surface area (Å²) in [4.78, 5) is 10.7. The molecule has 14 heavy (non-hydrogen) atoms. The van der Waals surface area contributed by atoms with E-state index in [1.54, 1.807) is 30.4 Å². The van der Waals surface area contributed by atoms with Crippen LogP contribution in [-0.2, 0) is 0 Å². The second-order valence-electron chi connectivity index (χ2n) is 2.37. The first-order valence-electron chi connectivity index (χ1n) is 3.95. The van der Waals surface area contributed by atoms with Gasteiger partial charge in [0.05, 0.1) is 0 Å². The van der Waals surface area contributed by atoms with Crippen molar-refractivity contribution >= 4 is 5.57 Å². The highest BCUT2D eigenvalue weighted by Gasteiger charge is 2.03. The standard InChI is InChI=1S/C10H10N2O2/c1-3-5-7-8(6-4-2)9-11-12-10(13)14-9/h3-7H,1-2H2,(H,12,13)/b7-5-,8-6+. The van der Waals surface area contributed by atoms with E-state index in [1.165, 1.54) is 0 Å². The fourth-order valence-corrected chi connectivity index (χ4v) is 0.850. The van der Waals surface area contributed by atoms with Crippen molar-refractivity contribution in [1.29, 1.82) is 0 Å². The number of aromatic amines is 1. The number of nitrogens with zero attached hydrogens (tertiary/aromatic N) is 1. The van der Waals surface area contributed by atoms with Gasteiger partial charge in [0.25, 0.3) is 0 Å². The Morgan fingerprint density at radius 3 is 2.71 bits per heavy atom. The Bertz CT molecular complexity index is 435. The molecule has 4 nitrogen and oxygen atoms in total. The third kappa shape index (κ3) is 2.45. The van der Waals surface area contributed by atoms with Gasteiger partial charge in [0.15, 0.2) is 0 Å². The first-order chi connectivity index (χ1) is 6.77. The van der Waals surface area contributed by atoms with Crippen LogP contribution < -0.4 is 5.76 Å². The van der Waals surface area contributed by atoms with Gasteiger partial charge in [-0.3, -0.25) is 0 Å². The molecule has 72 valence electrons. The lowest BCUT2D eigenvalue weighted by Crippen LogP contribution is -1.93. The van der Waals surface area contributed by atoms with E-state index in [2.05, 4.69) is 23.4 Å². The van der Waals surface area contributed by atoms with E-state index in [-0.39, 0.29) is 5.89 Å². The Morgan fingerprint density at radius 2 is 2.21 bits per heavy atom. The van der Waals surface area contributed by atoms with Crippen molar-refractivity contribution in [2.24, 2.45) is 0 Å². The largest absolute Gasteiger partial charge is 0.434 e. The van der Waals surface area contributed by atoms with Gasteiger partial charge in [-0.05, 0) is 6.08 Å². The molecule has 0 aliphatic rings. The van der Waals surface area contributed by atoms with Crippen molar-refractivity contribution in [3.63, 3.8) is 0 Å². The monoisotopic (exact) mass is 190 g/mol. The molecular formula is C10H10N2O2. The molecule has 0 saturated carbocycles. The fraction of sp³-hybridized carbons (Fsp3) is 0. The zero-order valence-electron chi connectivity index (χ0n) is 7.56. The van der Waals surface area contributed by atoms with Crippen molar-refractivity contribution < 1.29 is 4.42 Å². The van der Waals surface area contributed by atoms with Crippen LogP contribution >= 0.6 is 0 Å². The van der Waals surface area contributed by atoms with Gasteiger partial charge in [0.1, 0.15) is 0 Å². The zero-order chi connectivity index (χ0) is 10.4. The van der Waals surface area contributed by atoms with Gasteiger partial charge in [-0.25, -0.2) is 9.89 Å². The van der Waals surface area contributed by atoms with Crippen LogP contribution in [0.5, 0.6) is 0 Å². The highest BCUT2D eigenvalue weighted by atomic mass is 16.4. The first kappa shape index (κ1) is 9.98. The summed E-state index contributed by atoms with van der Waals surface area (Å²) in [5.74, 6) is -0.352. The summed E-state index contributed by atoms with van der Waals surface area (Å²) in [6, 6.07) is 0. The van der Waals surface area contributed by atoms with Gasteiger partial charge in [-0.1, -0.05) is 37.5 Å². The second-order valence-corrected chi connectivity index (χ2v) is 2.37. The van der Waals surface area contributed by atoms with Crippen LogP contribution in [0.25, 0.3) is 5.57 Å². The van der Waals surface area contributed by atoms with Gasteiger partial charge >= 0.3 is 5.76 Å². The fourth-order valence-electron chi connectivity index (χ4n) is 0.850. The Kier molecular flexibility index (Phi) is 3.43. The van der Waals surface area contributed by atoms with Crippen molar-refractivity contribution in [3.8, 4) is 0 Å². The zero-order valence-corrected chi connectivity index (χ0v) is 7.56. The topological polar surface area (TPSA) is 58.9 Å². The van der Waals surface area contributed by atoms with E-state index in [1.807, 2.05) is 0 Å². The SMILES string of the molecule is C=C/C=C\C(=C/C=C)c1n[nH]c(=O)o1. The minimum atomic E-state index is -0.582. The van der Waals surface area contributed by atoms with E-state index in [9.17, 15) is 4.79 Å². The molecule has 0 aliphatic carbocycles. The normalized spacial score (nSPS) is 11.9. The lowest BCUT2D eigenvalue weighted by atomic mass is 10.2. The van der Waals surface area contributed by atoms with E-state index in [0.717, 1.165) is 0 Å². The van der Waals surface area contributed by atoms with Crippen LogP contribution in [0.15, 0.2) is 52.7 Å². The molecule has 0 bridgehead atoms. The predicted molar refractivity (Wildman–Crippen MR) is 54.6 cm³/mol. The quantitative estimate of drug-likeness (QED) is 0.735. The Balaban J connectivity index is 3.06.